The molecule has 0 aliphatic carbocycles. The first-order valence-corrected chi connectivity index (χ1v) is 4.62. The minimum Gasteiger partial charge on any atom is -0.387 e. The molecule has 0 radical (unpaired) electrons. The summed E-state index contributed by atoms with van der Waals surface area (Å²) < 4.78 is 0. The van der Waals surface area contributed by atoms with E-state index in [-0.39, 0.29) is 0 Å². The zero-order chi connectivity index (χ0) is 8.27. The standard InChI is InChI=1S/C7H10ClNOS/c8-5-2-4-11-7(5)6(10)1-3-9/h2,4,6,10H,1,3,9H2/t6-/m0/s1. The van der Waals surface area contributed by atoms with Gasteiger partial charge in [0.2, 0.25) is 0 Å². The molecule has 4 heteroatoms. The van der Waals surface area contributed by atoms with Crippen LogP contribution in [0.15, 0.2) is 11.4 Å². The van der Waals surface area contributed by atoms with Gasteiger partial charge in [0.25, 0.3) is 0 Å². The number of aliphatic hydroxyl groups is 1. The van der Waals surface area contributed by atoms with E-state index in [1.165, 1.54) is 11.3 Å². The van der Waals surface area contributed by atoms with E-state index in [1.54, 1.807) is 6.07 Å². The normalized spacial score (nSPS) is 13.4. The molecule has 11 heavy (non-hydrogen) atoms. The highest BCUT2D eigenvalue weighted by Gasteiger charge is 2.11. The lowest BCUT2D eigenvalue weighted by Gasteiger charge is -2.06. The highest BCUT2D eigenvalue weighted by atomic mass is 35.5. The molecule has 1 rings (SSSR count). The Balaban J connectivity index is 2.67. The van der Waals surface area contributed by atoms with Crippen LogP contribution in [0.1, 0.15) is 17.4 Å². The number of hydrogen-bond donors (Lipinski definition) is 2. The zero-order valence-corrected chi connectivity index (χ0v) is 7.53. The molecular formula is C7H10ClNOS. The molecule has 0 spiro atoms. The second kappa shape index (κ2) is 4.07. The lowest BCUT2D eigenvalue weighted by atomic mass is 10.2. The van der Waals surface area contributed by atoms with Gasteiger partial charge in [0.15, 0.2) is 0 Å². The molecule has 2 nitrogen and oxygen atoms in total. The number of thiophene rings is 1. The molecule has 0 bridgehead atoms. The summed E-state index contributed by atoms with van der Waals surface area (Å²) in [5.41, 5.74) is 5.29. The molecule has 1 atom stereocenters. The van der Waals surface area contributed by atoms with Gasteiger partial charge in [-0.1, -0.05) is 11.6 Å². The molecule has 62 valence electrons. The van der Waals surface area contributed by atoms with Crippen LogP contribution in [0.2, 0.25) is 5.02 Å². The third kappa shape index (κ3) is 2.17. The number of halogens is 1. The maximum atomic E-state index is 9.44. The van der Waals surface area contributed by atoms with Crippen LogP contribution in [0.25, 0.3) is 0 Å². The summed E-state index contributed by atoms with van der Waals surface area (Å²) in [6, 6.07) is 1.78. The van der Waals surface area contributed by atoms with Gasteiger partial charge in [0.1, 0.15) is 0 Å². The Hall–Kier alpha value is -0.0900. The molecule has 1 heterocycles. The van der Waals surface area contributed by atoms with Crippen molar-refractivity contribution in [1.82, 2.24) is 0 Å². The minimum absolute atomic E-state index is 0.482. The van der Waals surface area contributed by atoms with Gasteiger partial charge in [-0.25, -0.2) is 0 Å². The van der Waals surface area contributed by atoms with E-state index in [4.69, 9.17) is 17.3 Å². The van der Waals surface area contributed by atoms with Crippen molar-refractivity contribution >= 4 is 22.9 Å². The molecule has 0 unspecified atom stereocenters. The van der Waals surface area contributed by atoms with Gasteiger partial charge in [-0.2, -0.15) is 0 Å². The van der Waals surface area contributed by atoms with E-state index in [0.29, 0.717) is 18.0 Å². The fourth-order valence-electron chi connectivity index (χ4n) is 0.832. The summed E-state index contributed by atoms with van der Waals surface area (Å²) in [6.07, 6.45) is 0.0766. The highest BCUT2D eigenvalue weighted by Crippen LogP contribution is 2.29. The Labute approximate surface area is 74.6 Å². The largest absolute Gasteiger partial charge is 0.387 e. The number of rotatable bonds is 3. The van der Waals surface area contributed by atoms with Crippen molar-refractivity contribution in [1.29, 1.82) is 0 Å². The molecule has 0 aliphatic rings. The van der Waals surface area contributed by atoms with Crippen LogP contribution in [0, 0.1) is 0 Å². The van der Waals surface area contributed by atoms with Crippen molar-refractivity contribution in [3.8, 4) is 0 Å². The average Bonchev–Trinajstić information content (AvgIpc) is 2.36. The summed E-state index contributed by atoms with van der Waals surface area (Å²) in [7, 11) is 0. The summed E-state index contributed by atoms with van der Waals surface area (Å²) in [5, 5.41) is 11.9. The maximum Gasteiger partial charge on any atom is 0.0908 e. The molecule has 0 saturated heterocycles. The van der Waals surface area contributed by atoms with E-state index in [1.807, 2.05) is 5.38 Å². The van der Waals surface area contributed by atoms with Gasteiger partial charge < -0.3 is 10.8 Å². The number of aliphatic hydroxyl groups excluding tert-OH is 1. The fourth-order valence-corrected chi connectivity index (χ4v) is 2.04. The Bertz CT molecular complexity index is 226. The number of hydrogen-bond acceptors (Lipinski definition) is 3. The first kappa shape index (κ1) is 9.00. The van der Waals surface area contributed by atoms with Crippen LogP contribution in [0.3, 0.4) is 0 Å². The maximum absolute atomic E-state index is 9.44. The van der Waals surface area contributed by atoms with Crippen molar-refractivity contribution in [2.45, 2.75) is 12.5 Å². The molecule has 0 amide bonds. The van der Waals surface area contributed by atoms with Gasteiger partial charge in [-0.3, -0.25) is 0 Å². The van der Waals surface area contributed by atoms with E-state index < -0.39 is 6.10 Å². The zero-order valence-electron chi connectivity index (χ0n) is 5.96. The molecule has 0 fully saturated rings. The monoisotopic (exact) mass is 191 g/mol. The SMILES string of the molecule is NCC[C@H](O)c1sccc1Cl. The topological polar surface area (TPSA) is 46.2 Å². The van der Waals surface area contributed by atoms with Crippen molar-refractivity contribution < 1.29 is 5.11 Å². The van der Waals surface area contributed by atoms with Gasteiger partial charge in [0, 0.05) is 0 Å². The van der Waals surface area contributed by atoms with Crippen LogP contribution in [0.5, 0.6) is 0 Å². The highest BCUT2D eigenvalue weighted by molar-refractivity contribution is 7.10. The van der Waals surface area contributed by atoms with Crippen molar-refractivity contribution in [2.24, 2.45) is 5.73 Å². The van der Waals surface area contributed by atoms with Crippen molar-refractivity contribution in [3.05, 3.63) is 21.3 Å². The predicted molar refractivity (Wildman–Crippen MR) is 48.0 cm³/mol. The smallest absolute Gasteiger partial charge is 0.0908 e. The van der Waals surface area contributed by atoms with Crippen molar-refractivity contribution in [3.63, 3.8) is 0 Å². The molecule has 0 aromatic carbocycles. The average molecular weight is 192 g/mol. The quantitative estimate of drug-likeness (QED) is 0.765. The van der Waals surface area contributed by atoms with Crippen molar-refractivity contribution in [2.75, 3.05) is 6.54 Å². The van der Waals surface area contributed by atoms with E-state index in [9.17, 15) is 5.11 Å². The van der Waals surface area contributed by atoms with Crippen LogP contribution in [-0.4, -0.2) is 11.7 Å². The molecule has 3 N–H and O–H groups in total. The summed E-state index contributed by atoms with van der Waals surface area (Å²) in [6.45, 7) is 0.482. The van der Waals surface area contributed by atoms with E-state index in [2.05, 4.69) is 0 Å². The lowest BCUT2D eigenvalue weighted by molar-refractivity contribution is 0.174. The Morgan fingerprint density at radius 2 is 2.45 bits per heavy atom. The molecule has 1 aromatic rings. The van der Waals surface area contributed by atoms with E-state index in [0.717, 1.165) is 4.88 Å². The van der Waals surface area contributed by atoms with Gasteiger partial charge in [0.05, 0.1) is 16.0 Å². The third-order valence-electron chi connectivity index (χ3n) is 1.39. The van der Waals surface area contributed by atoms with Gasteiger partial charge in [-0.05, 0) is 24.4 Å². The molecule has 0 aliphatic heterocycles. The molecular weight excluding hydrogens is 182 g/mol. The third-order valence-corrected chi connectivity index (χ3v) is 2.85. The van der Waals surface area contributed by atoms with Gasteiger partial charge >= 0.3 is 0 Å². The second-order valence-electron chi connectivity index (χ2n) is 2.23. The van der Waals surface area contributed by atoms with Crippen LogP contribution in [-0.2, 0) is 0 Å². The van der Waals surface area contributed by atoms with Crippen LogP contribution < -0.4 is 5.73 Å². The predicted octanol–water partition coefficient (Wildman–Crippen LogP) is 1.78. The first-order chi connectivity index (χ1) is 5.25. The van der Waals surface area contributed by atoms with Gasteiger partial charge in [-0.15, -0.1) is 11.3 Å². The molecule has 1 aromatic heterocycles. The number of nitrogens with two attached hydrogens (primary N) is 1. The first-order valence-electron chi connectivity index (χ1n) is 3.36. The van der Waals surface area contributed by atoms with Crippen LogP contribution >= 0.6 is 22.9 Å². The molecule has 0 saturated carbocycles. The Morgan fingerprint density at radius 3 is 2.91 bits per heavy atom. The second-order valence-corrected chi connectivity index (χ2v) is 3.58. The lowest BCUT2D eigenvalue weighted by Crippen LogP contribution is -2.05. The van der Waals surface area contributed by atoms with E-state index >= 15 is 0 Å². The van der Waals surface area contributed by atoms with Crippen LogP contribution in [0.4, 0.5) is 0 Å². The summed E-state index contributed by atoms with van der Waals surface area (Å²) in [5.74, 6) is 0. The fraction of sp³-hybridized carbons (Fsp3) is 0.429. The minimum atomic E-state index is -0.493. The summed E-state index contributed by atoms with van der Waals surface area (Å²) in [4.78, 5) is 0.817. The Morgan fingerprint density at radius 1 is 1.73 bits per heavy atom. The Kier molecular flexibility index (Phi) is 3.33. The summed E-state index contributed by atoms with van der Waals surface area (Å²) >= 11 is 7.24.